The number of alkyl halides is 1. The van der Waals surface area contributed by atoms with E-state index in [-0.39, 0.29) is 12.2 Å². The molecule has 2 rings (SSSR count). The van der Waals surface area contributed by atoms with Crippen LogP contribution in [0.5, 0.6) is 5.75 Å². The van der Waals surface area contributed by atoms with Gasteiger partial charge in [0.15, 0.2) is 0 Å². The quantitative estimate of drug-likeness (QED) is 0.559. The molecule has 1 fully saturated rings. The summed E-state index contributed by atoms with van der Waals surface area (Å²) in [4.78, 5) is 0. The van der Waals surface area contributed by atoms with E-state index < -0.39 is 0 Å². The normalized spacial score (nSPS) is 21.1. The molecular weight excluding hydrogens is 355 g/mol. The van der Waals surface area contributed by atoms with Crippen molar-refractivity contribution in [2.24, 2.45) is 0 Å². The maximum Gasteiger partial charge on any atom is 0.124 e. The molecule has 0 N–H and O–H groups in total. The third-order valence-electron chi connectivity index (χ3n) is 3.38. The maximum absolute atomic E-state index is 6.05. The molecule has 1 aliphatic rings. The number of ether oxygens (including phenoxy) is 3. The molecule has 0 bridgehead atoms. The highest BCUT2D eigenvalue weighted by molar-refractivity contribution is 14.1. The Balaban J connectivity index is 1.95. The lowest BCUT2D eigenvalue weighted by Gasteiger charge is -2.25. The number of para-hydroxylation sites is 1. The van der Waals surface area contributed by atoms with E-state index in [0.29, 0.717) is 6.61 Å². The lowest BCUT2D eigenvalue weighted by Crippen LogP contribution is -2.25. The van der Waals surface area contributed by atoms with E-state index in [1.165, 1.54) is 12.8 Å². The zero-order chi connectivity index (χ0) is 13.5. The second-order valence-corrected chi connectivity index (χ2v) is 5.59. The highest BCUT2D eigenvalue weighted by atomic mass is 127. The Bertz CT molecular complexity index is 377. The first-order valence-electron chi connectivity index (χ1n) is 6.77. The molecule has 1 heterocycles. The zero-order valence-corrected chi connectivity index (χ0v) is 13.5. The summed E-state index contributed by atoms with van der Waals surface area (Å²) in [5.74, 6) is 0.897. The molecule has 0 radical (unpaired) electrons. The molecule has 1 saturated heterocycles. The van der Waals surface area contributed by atoms with Crippen LogP contribution in [-0.2, 0) is 9.47 Å². The van der Waals surface area contributed by atoms with Gasteiger partial charge in [0, 0.05) is 16.6 Å². The molecule has 1 aliphatic heterocycles. The van der Waals surface area contributed by atoms with Crippen molar-refractivity contribution in [1.82, 2.24) is 0 Å². The average molecular weight is 376 g/mol. The molecule has 1 aromatic rings. The number of hydrogen-bond donors (Lipinski definition) is 0. The fraction of sp³-hybridized carbons (Fsp3) is 0.600. The van der Waals surface area contributed by atoms with Crippen molar-refractivity contribution in [3.8, 4) is 5.75 Å². The number of hydrogen-bond acceptors (Lipinski definition) is 3. The summed E-state index contributed by atoms with van der Waals surface area (Å²) in [6.07, 6.45) is 3.87. The molecule has 0 spiro atoms. The second kappa shape index (κ2) is 8.07. The van der Waals surface area contributed by atoms with Gasteiger partial charge in [-0.1, -0.05) is 40.8 Å². The van der Waals surface area contributed by atoms with Crippen molar-refractivity contribution in [2.75, 3.05) is 24.8 Å². The van der Waals surface area contributed by atoms with Gasteiger partial charge < -0.3 is 14.2 Å². The molecular formula is C15H21IO3. The van der Waals surface area contributed by atoms with Crippen molar-refractivity contribution in [1.29, 1.82) is 0 Å². The Morgan fingerprint density at radius 1 is 1.37 bits per heavy atom. The van der Waals surface area contributed by atoms with E-state index >= 15 is 0 Å². The molecule has 0 aromatic heterocycles. The van der Waals surface area contributed by atoms with Gasteiger partial charge in [-0.3, -0.25) is 0 Å². The molecule has 1 aromatic carbocycles. The summed E-state index contributed by atoms with van der Waals surface area (Å²) in [5.41, 5.74) is 1.12. The van der Waals surface area contributed by atoms with Gasteiger partial charge in [0.25, 0.3) is 0 Å². The van der Waals surface area contributed by atoms with Crippen molar-refractivity contribution < 1.29 is 14.2 Å². The second-order valence-electron chi connectivity index (χ2n) is 4.71. The first kappa shape index (κ1) is 15.1. The van der Waals surface area contributed by atoms with Crippen LogP contribution in [0.15, 0.2) is 24.3 Å². The van der Waals surface area contributed by atoms with Crippen molar-refractivity contribution >= 4 is 22.6 Å². The molecule has 0 amide bonds. The molecule has 2 atom stereocenters. The van der Waals surface area contributed by atoms with Gasteiger partial charge in [-0.25, -0.2) is 0 Å². The summed E-state index contributed by atoms with van der Waals surface area (Å²) in [6, 6.07) is 8.06. The molecule has 4 heteroatoms. The van der Waals surface area contributed by atoms with E-state index in [1.807, 2.05) is 18.2 Å². The van der Waals surface area contributed by atoms with E-state index in [4.69, 9.17) is 14.2 Å². The zero-order valence-electron chi connectivity index (χ0n) is 11.3. The van der Waals surface area contributed by atoms with Crippen LogP contribution in [0.25, 0.3) is 0 Å². The van der Waals surface area contributed by atoms with Crippen LogP contribution < -0.4 is 4.74 Å². The molecule has 106 valence electrons. The van der Waals surface area contributed by atoms with Crippen LogP contribution in [0, 0.1) is 0 Å². The summed E-state index contributed by atoms with van der Waals surface area (Å²) < 4.78 is 18.1. The Morgan fingerprint density at radius 2 is 2.21 bits per heavy atom. The lowest BCUT2D eigenvalue weighted by atomic mass is 10.1. The fourth-order valence-electron chi connectivity index (χ4n) is 2.31. The summed E-state index contributed by atoms with van der Waals surface area (Å²) in [5, 5.41) is 0. The minimum absolute atomic E-state index is 0.0716. The van der Waals surface area contributed by atoms with Crippen molar-refractivity contribution in [3.05, 3.63) is 29.8 Å². The Morgan fingerprint density at radius 3 is 2.89 bits per heavy atom. The fourth-order valence-corrected chi connectivity index (χ4v) is 3.04. The van der Waals surface area contributed by atoms with Crippen molar-refractivity contribution in [3.63, 3.8) is 0 Å². The predicted molar refractivity (Wildman–Crippen MR) is 84.2 cm³/mol. The monoisotopic (exact) mass is 376 g/mol. The van der Waals surface area contributed by atoms with Gasteiger partial charge in [-0.2, -0.15) is 0 Å². The minimum atomic E-state index is 0.0716. The molecule has 3 nitrogen and oxygen atoms in total. The number of rotatable bonds is 6. The Labute approximate surface area is 128 Å². The summed E-state index contributed by atoms with van der Waals surface area (Å²) in [7, 11) is 1.70. The van der Waals surface area contributed by atoms with Gasteiger partial charge in [-0.15, -0.1) is 0 Å². The van der Waals surface area contributed by atoms with Crippen molar-refractivity contribution in [2.45, 2.75) is 31.5 Å². The third kappa shape index (κ3) is 4.33. The Kier molecular flexibility index (Phi) is 6.40. The molecule has 0 saturated carbocycles. The molecule has 19 heavy (non-hydrogen) atoms. The lowest BCUT2D eigenvalue weighted by molar-refractivity contribution is -0.0585. The standard InChI is InChI=1S/C15H21IO3/c1-17-14-8-3-2-7-13(14)15(10-16)19-11-12-6-4-5-9-18-12/h2-3,7-8,12,15H,4-6,9-11H2,1H3. The van der Waals surface area contributed by atoms with Crippen LogP contribution in [0.1, 0.15) is 30.9 Å². The van der Waals surface area contributed by atoms with E-state index in [2.05, 4.69) is 28.7 Å². The SMILES string of the molecule is COc1ccccc1C(CI)OCC1CCCCO1. The molecule has 0 aliphatic carbocycles. The van der Waals surface area contributed by atoms with Gasteiger partial charge >= 0.3 is 0 Å². The van der Waals surface area contributed by atoms with Crippen LogP contribution in [0.2, 0.25) is 0 Å². The first-order chi connectivity index (χ1) is 9.35. The maximum atomic E-state index is 6.05. The Hall–Kier alpha value is -0.330. The third-order valence-corrected chi connectivity index (χ3v) is 4.18. The number of benzene rings is 1. The van der Waals surface area contributed by atoms with Crippen LogP contribution in [-0.4, -0.2) is 30.9 Å². The summed E-state index contributed by atoms with van der Waals surface area (Å²) >= 11 is 2.36. The average Bonchev–Trinajstić information content (AvgIpc) is 2.49. The van der Waals surface area contributed by atoms with Gasteiger partial charge in [0.1, 0.15) is 5.75 Å². The van der Waals surface area contributed by atoms with Crippen LogP contribution in [0.3, 0.4) is 0 Å². The summed E-state index contributed by atoms with van der Waals surface area (Å²) in [6.45, 7) is 1.54. The van der Waals surface area contributed by atoms with Crippen LogP contribution >= 0.6 is 22.6 Å². The topological polar surface area (TPSA) is 27.7 Å². The highest BCUT2D eigenvalue weighted by Crippen LogP contribution is 2.29. The van der Waals surface area contributed by atoms with Gasteiger partial charge in [0.05, 0.1) is 25.9 Å². The number of halogens is 1. The predicted octanol–water partition coefficient (Wildman–Crippen LogP) is 3.76. The molecule has 2 unspecified atom stereocenters. The van der Waals surface area contributed by atoms with Gasteiger partial charge in [0.2, 0.25) is 0 Å². The largest absolute Gasteiger partial charge is 0.496 e. The highest BCUT2D eigenvalue weighted by Gasteiger charge is 2.19. The van der Waals surface area contributed by atoms with E-state index in [9.17, 15) is 0 Å². The van der Waals surface area contributed by atoms with E-state index in [1.54, 1.807) is 7.11 Å². The van der Waals surface area contributed by atoms with E-state index in [0.717, 1.165) is 28.8 Å². The van der Waals surface area contributed by atoms with Gasteiger partial charge in [-0.05, 0) is 25.3 Å². The number of methoxy groups -OCH3 is 1. The smallest absolute Gasteiger partial charge is 0.124 e. The van der Waals surface area contributed by atoms with Crippen LogP contribution in [0.4, 0.5) is 0 Å². The first-order valence-corrected chi connectivity index (χ1v) is 8.29. The minimum Gasteiger partial charge on any atom is -0.496 e.